The number of hydrogen-bond acceptors (Lipinski definition) is 8. The summed E-state index contributed by atoms with van der Waals surface area (Å²) in [6, 6.07) is 1.97. The van der Waals surface area contributed by atoms with E-state index in [1.54, 1.807) is 6.92 Å². The monoisotopic (exact) mass is 333 g/mol. The molecule has 0 atom stereocenters. The first kappa shape index (κ1) is 19.0. The van der Waals surface area contributed by atoms with Gasteiger partial charge in [0.2, 0.25) is 5.82 Å². The van der Waals surface area contributed by atoms with E-state index in [-0.39, 0.29) is 23.4 Å². The van der Waals surface area contributed by atoms with Crippen LogP contribution in [0.1, 0.15) is 45.9 Å². The summed E-state index contributed by atoms with van der Waals surface area (Å²) in [7, 11) is 0. The van der Waals surface area contributed by atoms with Gasteiger partial charge in [-0.2, -0.15) is 10.4 Å². The minimum atomic E-state index is -1.15. The normalized spacial score (nSPS) is 12.7. The molecule has 0 fully saturated rings. The average Bonchev–Trinajstić information content (AvgIpc) is 2.90. The summed E-state index contributed by atoms with van der Waals surface area (Å²) in [5.74, 6) is -2.83. The highest BCUT2D eigenvalue weighted by Crippen LogP contribution is 2.29. The van der Waals surface area contributed by atoms with Crippen LogP contribution in [0.25, 0.3) is 0 Å². The zero-order valence-electron chi connectivity index (χ0n) is 14.2. The van der Waals surface area contributed by atoms with E-state index in [4.69, 9.17) is 0 Å². The lowest BCUT2D eigenvalue weighted by molar-refractivity contribution is -0.151. The second-order valence-corrected chi connectivity index (χ2v) is 5.84. The van der Waals surface area contributed by atoms with Crippen LogP contribution in [0.5, 0.6) is 0 Å². The molecule has 0 bridgehead atoms. The van der Waals surface area contributed by atoms with Crippen molar-refractivity contribution in [3.8, 4) is 6.07 Å². The number of Topliss-reactive ketones (excluding diaryl/α,β-unsaturated/α-hetero) is 1. The van der Waals surface area contributed by atoms with Crippen LogP contribution in [0.3, 0.4) is 0 Å². The largest absolute Gasteiger partial charge is 0.510 e. The first-order valence-corrected chi connectivity index (χ1v) is 7.15. The molecule has 0 radical (unpaired) electrons. The number of hydrogen-bond donors (Lipinski definition) is 2. The van der Waals surface area contributed by atoms with Crippen molar-refractivity contribution in [1.29, 1.82) is 5.26 Å². The van der Waals surface area contributed by atoms with Crippen LogP contribution < -0.4 is 0 Å². The fourth-order valence-corrected chi connectivity index (χ4v) is 1.73. The van der Waals surface area contributed by atoms with E-state index < -0.39 is 23.2 Å². The van der Waals surface area contributed by atoms with Crippen molar-refractivity contribution in [3.63, 3.8) is 0 Å². The predicted octanol–water partition coefficient (Wildman–Crippen LogP) is 2.58. The zero-order chi connectivity index (χ0) is 18.5. The Morgan fingerprint density at radius 3 is 2.50 bits per heavy atom. The predicted molar refractivity (Wildman–Crippen MR) is 83.5 cm³/mol. The third kappa shape index (κ3) is 4.25. The molecule has 0 aliphatic carbocycles. The van der Waals surface area contributed by atoms with Gasteiger partial charge < -0.3 is 9.84 Å². The van der Waals surface area contributed by atoms with Crippen LogP contribution in [0.4, 0.5) is 5.82 Å². The van der Waals surface area contributed by atoms with Crippen molar-refractivity contribution in [2.75, 3.05) is 6.61 Å². The van der Waals surface area contributed by atoms with E-state index in [1.807, 2.05) is 26.8 Å². The SMILES string of the molecule is CCOC(=O)C(=O)C(/N=N/c1n[nH]c(C(C)(C)C)c1C#N)=C(\C)O. The number of aliphatic hydroxyl groups is 1. The van der Waals surface area contributed by atoms with Crippen LogP contribution in [-0.4, -0.2) is 33.7 Å². The molecule has 0 aromatic carbocycles. The molecule has 128 valence electrons. The van der Waals surface area contributed by atoms with E-state index >= 15 is 0 Å². The molecule has 0 aliphatic heterocycles. The van der Waals surface area contributed by atoms with Crippen molar-refractivity contribution in [3.05, 3.63) is 22.7 Å². The Labute approximate surface area is 139 Å². The number of aromatic nitrogens is 2. The lowest BCUT2D eigenvalue weighted by Crippen LogP contribution is -2.19. The number of nitriles is 1. The second kappa shape index (κ2) is 7.50. The smallest absolute Gasteiger partial charge is 0.381 e. The number of aliphatic hydroxyl groups excluding tert-OH is 1. The maximum absolute atomic E-state index is 11.9. The van der Waals surface area contributed by atoms with Crippen molar-refractivity contribution < 1.29 is 19.4 Å². The number of nitrogens with zero attached hydrogens (tertiary/aromatic N) is 4. The molecule has 0 saturated carbocycles. The Bertz CT molecular complexity index is 743. The summed E-state index contributed by atoms with van der Waals surface area (Å²) < 4.78 is 4.57. The van der Waals surface area contributed by atoms with Gasteiger partial charge in [-0.3, -0.25) is 9.89 Å². The molecule has 24 heavy (non-hydrogen) atoms. The Morgan fingerprint density at radius 1 is 1.42 bits per heavy atom. The summed E-state index contributed by atoms with van der Waals surface area (Å²) in [5.41, 5.74) is -0.220. The minimum absolute atomic E-state index is 0.00631. The van der Waals surface area contributed by atoms with Gasteiger partial charge in [0.05, 0.1) is 12.3 Å². The Morgan fingerprint density at radius 2 is 2.04 bits per heavy atom. The molecule has 0 saturated heterocycles. The van der Waals surface area contributed by atoms with Gasteiger partial charge >= 0.3 is 5.97 Å². The van der Waals surface area contributed by atoms with E-state index in [0.717, 1.165) is 0 Å². The van der Waals surface area contributed by atoms with Gasteiger partial charge in [-0.05, 0) is 13.8 Å². The van der Waals surface area contributed by atoms with Crippen LogP contribution in [0, 0.1) is 11.3 Å². The van der Waals surface area contributed by atoms with Gasteiger partial charge in [0.15, 0.2) is 5.70 Å². The van der Waals surface area contributed by atoms with Gasteiger partial charge in [0, 0.05) is 5.41 Å². The zero-order valence-corrected chi connectivity index (χ0v) is 14.2. The number of carbonyl (C=O) groups is 2. The number of aromatic amines is 1. The highest BCUT2D eigenvalue weighted by Gasteiger charge is 2.26. The van der Waals surface area contributed by atoms with Crippen molar-refractivity contribution >= 4 is 17.6 Å². The standard InChI is InChI=1S/C15H19N5O4/c1-6-24-14(23)11(22)10(8(2)21)17-19-13-9(7-16)12(18-20-13)15(3,4)5/h21H,6H2,1-5H3,(H,18,20)/b10-8-,19-17+. The molecule has 1 aromatic rings. The lowest BCUT2D eigenvalue weighted by atomic mass is 9.90. The third-order valence-corrected chi connectivity index (χ3v) is 2.87. The van der Waals surface area contributed by atoms with Crippen molar-refractivity contribution in [2.24, 2.45) is 10.2 Å². The number of esters is 1. The van der Waals surface area contributed by atoms with Gasteiger partial charge in [-0.25, -0.2) is 4.79 Å². The van der Waals surface area contributed by atoms with Crippen molar-refractivity contribution in [2.45, 2.75) is 40.0 Å². The molecule has 0 spiro atoms. The molecule has 1 heterocycles. The summed E-state index contributed by atoms with van der Waals surface area (Å²) in [6.45, 7) is 8.38. The number of ketones is 1. The molecule has 1 aromatic heterocycles. The highest BCUT2D eigenvalue weighted by molar-refractivity contribution is 6.40. The molecule has 2 N–H and O–H groups in total. The molecule has 9 nitrogen and oxygen atoms in total. The van der Waals surface area contributed by atoms with E-state index in [2.05, 4.69) is 25.2 Å². The number of rotatable bonds is 5. The molecule has 0 unspecified atom stereocenters. The summed E-state index contributed by atoms with van der Waals surface area (Å²) in [5, 5.41) is 32.7. The summed E-state index contributed by atoms with van der Waals surface area (Å²) in [6.07, 6.45) is 0. The number of nitrogens with one attached hydrogen (secondary N) is 1. The summed E-state index contributed by atoms with van der Waals surface area (Å²) in [4.78, 5) is 23.3. The number of ether oxygens (including phenoxy) is 1. The van der Waals surface area contributed by atoms with Crippen LogP contribution in [0.15, 0.2) is 21.7 Å². The Balaban J connectivity index is 3.22. The van der Waals surface area contributed by atoms with E-state index in [1.165, 1.54) is 6.92 Å². The lowest BCUT2D eigenvalue weighted by Gasteiger charge is -2.15. The quantitative estimate of drug-likeness (QED) is 0.279. The van der Waals surface area contributed by atoms with Crippen LogP contribution >= 0.6 is 0 Å². The number of allylic oxidation sites excluding steroid dienone is 1. The van der Waals surface area contributed by atoms with Gasteiger partial charge in [0.25, 0.3) is 5.78 Å². The van der Waals surface area contributed by atoms with Crippen LogP contribution in [0.2, 0.25) is 0 Å². The van der Waals surface area contributed by atoms with Gasteiger partial charge in [0.1, 0.15) is 17.4 Å². The molecular weight excluding hydrogens is 314 g/mol. The van der Waals surface area contributed by atoms with Crippen LogP contribution in [-0.2, 0) is 19.7 Å². The average molecular weight is 333 g/mol. The molecule has 1 rings (SSSR count). The summed E-state index contributed by atoms with van der Waals surface area (Å²) >= 11 is 0. The maximum atomic E-state index is 11.9. The topological polar surface area (TPSA) is 141 Å². The molecule has 0 amide bonds. The van der Waals surface area contributed by atoms with Gasteiger partial charge in [-0.15, -0.1) is 10.2 Å². The fourth-order valence-electron chi connectivity index (χ4n) is 1.73. The Kier molecular flexibility index (Phi) is 5.95. The van der Waals surface area contributed by atoms with E-state index in [9.17, 15) is 20.0 Å². The molecular formula is C15H19N5O4. The molecule has 0 aliphatic rings. The Hall–Kier alpha value is -3.02. The maximum Gasteiger partial charge on any atom is 0.381 e. The first-order chi connectivity index (χ1) is 11.1. The van der Waals surface area contributed by atoms with Crippen molar-refractivity contribution in [1.82, 2.24) is 10.2 Å². The number of azo groups is 1. The number of H-pyrrole nitrogens is 1. The van der Waals surface area contributed by atoms with E-state index in [0.29, 0.717) is 5.69 Å². The minimum Gasteiger partial charge on any atom is -0.510 e. The third-order valence-electron chi connectivity index (χ3n) is 2.87. The molecule has 9 heteroatoms. The number of carbonyl (C=O) groups excluding carboxylic acids is 2. The fraction of sp³-hybridized carbons (Fsp3) is 0.467. The first-order valence-electron chi connectivity index (χ1n) is 7.15. The highest BCUT2D eigenvalue weighted by atomic mass is 16.5. The van der Waals surface area contributed by atoms with Gasteiger partial charge in [-0.1, -0.05) is 20.8 Å². The second-order valence-electron chi connectivity index (χ2n) is 5.84.